The highest BCUT2D eigenvalue weighted by Crippen LogP contribution is 2.41. The molecule has 0 aliphatic carbocycles. The Balaban J connectivity index is 2.02. The number of likely N-dealkylation sites (N-methyl/N-ethyl adjacent to an activating group) is 1. The molecular weight excluding hydrogens is 298 g/mol. The van der Waals surface area contributed by atoms with E-state index >= 15 is 0 Å². The summed E-state index contributed by atoms with van der Waals surface area (Å²) in [6.07, 6.45) is 3.91. The molecule has 0 aromatic carbocycles. The molecule has 0 bridgehead atoms. The van der Waals surface area contributed by atoms with Crippen LogP contribution in [-0.4, -0.2) is 39.1 Å². The number of nitrogens with one attached hydrogen (secondary N) is 1. The van der Waals surface area contributed by atoms with Crippen LogP contribution < -0.4 is 5.73 Å². The minimum Gasteiger partial charge on any atom is -0.369 e. The van der Waals surface area contributed by atoms with E-state index in [4.69, 9.17) is 5.73 Å². The molecule has 0 saturated carbocycles. The van der Waals surface area contributed by atoms with Gasteiger partial charge in [0.05, 0.1) is 5.54 Å². The van der Waals surface area contributed by atoms with Gasteiger partial charge in [0.15, 0.2) is 5.82 Å². The lowest BCUT2D eigenvalue weighted by molar-refractivity contribution is -0.126. The van der Waals surface area contributed by atoms with Crippen molar-refractivity contribution < 1.29 is 4.79 Å². The average molecular weight is 319 g/mol. The van der Waals surface area contributed by atoms with Crippen LogP contribution in [0.4, 0.5) is 0 Å². The van der Waals surface area contributed by atoms with Gasteiger partial charge in [0, 0.05) is 17.2 Å². The van der Waals surface area contributed by atoms with Gasteiger partial charge < -0.3 is 10.7 Å². The Morgan fingerprint density at radius 3 is 3.09 bits per heavy atom. The fourth-order valence-corrected chi connectivity index (χ4v) is 4.33. The largest absolute Gasteiger partial charge is 0.369 e. The third-order valence-corrected chi connectivity index (χ3v) is 5.50. The smallest absolute Gasteiger partial charge is 0.220 e. The van der Waals surface area contributed by atoms with E-state index in [-0.39, 0.29) is 17.4 Å². The van der Waals surface area contributed by atoms with Gasteiger partial charge in [0.25, 0.3) is 0 Å². The molecule has 3 heterocycles. The van der Waals surface area contributed by atoms with E-state index in [1.165, 1.54) is 4.88 Å². The van der Waals surface area contributed by atoms with Gasteiger partial charge in [0.2, 0.25) is 5.91 Å². The van der Waals surface area contributed by atoms with Gasteiger partial charge in [-0.2, -0.15) is 0 Å². The molecule has 7 heteroatoms. The molecule has 1 saturated heterocycles. The normalized spacial score (nSPS) is 26.1. The lowest BCUT2D eigenvalue weighted by atomic mass is 9.76. The van der Waals surface area contributed by atoms with Gasteiger partial charge in [-0.15, -0.1) is 21.5 Å². The third kappa shape index (κ3) is 2.66. The number of aromatic nitrogens is 3. The summed E-state index contributed by atoms with van der Waals surface area (Å²) in [6, 6.07) is 4.18. The molecule has 3 rings (SSSR count). The fourth-order valence-electron chi connectivity index (χ4n) is 3.52. The van der Waals surface area contributed by atoms with E-state index in [1.54, 1.807) is 17.7 Å². The van der Waals surface area contributed by atoms with Crippen LogP contribution in [0.25, 0.3) is 0 Å². The summed E-state index contributed by atoms with van der Waals surface area (Å²) in [7, 11) is 0. The van der Waals surface area contributed by atoms with Crippen molar-refractivity contribution in [3.63, 3.8) is 0 Å². The van der Waals surface area contributed by atoms with E-state index in [9.17, 15) is 4.79 Å². The molecule has 1 aliphatic heterocycles. The first-order chi connectivity index (χ1) is 10.7. The molecule has 2 aromatic rings. The first-order valence-corrected chi connectivity index (χ1v) is 8.47. The van der Waals surface area contributed by atoms with Crippen LogP contribution in [-0.2, 0) is 16.8 Å². The predicted molar refractivity (Wildman–Crippen MR) is 85.2 cm³/mol. The standard InChI is InChI=1S/C15H21N5OS/c1-2-20-6-5-11(13(16)21)8-15(20,14-17-10-18-19-14)9-12-4-3-7-22-12/h3-4,7,10-11H,2,5-6,8-9H2,1H3,(H2,16,21)(H,17,18,19). The Kier molecular flexibility index (Phi) is 4.26. The van der Waals surface area contributed by atoms with Crippen molar-refractivity contribution in [3.05, 3.63) is 34.5 Å². The van der Waals surface area contributed by atoms with Gasteiger partial charge in [-0.3, -0.25) is 9.69 Å². The molecular formula is C15H21N5OS. The molecule has 6 nitrogen and oxygen atoms in total. The number of rotatable bonds is 5. The maximum atomic E-state index is 11.8. The van der Waals surface area contributed by atoms with Crippen molar-refractivity contribution >= 4 is 17.2 Å². The summed E-state index contributed by atoms with van der Waals surface area (Å²) in [4.78, 5) is 18.6. The molecule has 3 N–H and O–H groups in total. The predicted octanol–water partition coefficient (Wildman–Crippen LogP) is 1.52. The number of nitrogens with two attached hydrogens (primary N) is 1. The van der Waals surface area contributed by atoms with E-state index in [0.29, 0.717) is 6.42 Å². The number of H-pyrrole nitrogens is 1. The monoisotopic (exact) mass is 319 g/mol. The number of amides is 1. The third-order valence-electron chi connectivity index (χ3n) is 4.63. The van der Waals surface area contributed by atoms with Crippen LogP contribution in [0.1, 0.15) is 30.5 Å². The molecule has 2 atom stereocenters. The number of thiophene rings is 1. The number of primary amides is 1. The number of hydrogen-bond donors (Lipinski definition) is 2. The second kappa shape index (κ2) is 6.18. The van der Waals surface area contributed by atoms with E-state index in [0.717, 1.165) is 31.8 Å². The zero-order valence-corrected chi connectivity index (χ0v) is 13.5. The summed E-state index contributed by atoms with van der Waals surface area (Å²) in [5.41, 5.74) is 5.26. The molecule has 0 spiro atoms. The second-order valence-corrected chi connectivity index (χ2v) is 6.83. The maximum Gasteiger partial charge on any atom is 0.220 e. The minimum absolute atomic E-state index is 0.118. The van der Waals surface area contributed by atoms with Crippen molar-refractivity contribution in [2.24, 2.45) is 11.7 Å². The molecule has 22 heavy (non-hydrogen) atoms. The van der Waals surface area contributed by atoms with Crippen molar-refractivity contribution in [3.8, 4) is 0 Å². The topological polar surface area (TPSA) is 87.9 Å². The zero-order chi connectivity index (χ0) is 15.6. The molecule has 118 valence electrons. The van der Waals surface area contributed by atoms with Gasteiger partial charge in [0.1, 0.15) is 6.33 Å². The Morgan fingerprint density at radius 1 is 1.64 bits per heavy atom. The second-order valence-electron chi connectivity index (χ2n) is 5.80. The van der Waals surface area contributed by atoms with Crippen molar-refractivity contribution in [2.75, 3.05) is 13.1 Å². The molecule has 0 radical (unpaired) electrons. The Bertz CT molecular complexity index is 612. The number of nitrogens with zero attached hydrogens (tertiary/aromatic N) is 3. The van der Waals surface area contributed by atoms with E-state index in [2.05, 4.69) is 44.5 Å². The van der Waals surface area contributed by atoms with Crippen LogP contribution in [0, 0.1) is 5.92 Å². The van der Waals surface area contributed by atoms with Crippen LogP contribution in [0.5, 0.6) is 0 Å². The van der Waals surface area contributed by atoms with Gasteiger partial charge in [-0.1, -0.05) is 13.0 Å². The number of carbonyl (C=O) groups excluding carboxylic acids is 1. The molecule has 2 aromatic heterocycles. The SMILES string of the molecule is CCN1CCC(C(N)=O)CC1(Cc1cccs1)c1nnc[nH]1. The van der Waals surface area contributed by atoms with Crippen LogP contribution in [0.2, 0.25) is 0 Å². The fraction of sp³-hybridized carbons (Fsp3) is 0.533. The van der Waals surface area contributed by atoms with Crippen molar-refractivity contribution in [1.29, 1.82) is 0 Å². The van der Waals surface area contributed by atoms with Gasteiger partial charge >= 0.3 is 0 Å². The Hall–Kier alpha value is -1.73. The maximum absolute atomic E-state index is 11.8. The lowest BCUT2D eigenvalue weighted by Crippen LogP contribution is -2.55. The Labute approximate surface area is 133 Å². The first-order valence-electron chi connectivity index (χ1n) is 7.59. The number of piperidine rings is 1. The summed E-state index contributed by atoms with van der Waals surface area (Å²) in [6.45, 7) is 3.89. The Morgan fingerprint density at radius 2 is 2.50 bits per heavy atom. The molecule has 1 aliphatic rings. The lowest BCUT2D eigenvalue weighted by Gasteiger charge is -2.47. The van der Waals surface area contributed by atoms with Crippen LogP contribution >= 0.6 is 11.3 Å². The summed E-state index contributed by atoms with van der Waals surface area (Å²) < 4.78 is 0. The highest BCUT2D eigenvalue weighted by molar-refractivity contribution is 7.09. The molecule has 1 fully saturated rings. The van der Waals surface area contributed by atoms with Crippen LogP contribution in [0.15, 0.2) is 23.8 Å². The number of likely N-dealkylation sites (tertiary alicyclic amines) is 1. The average Bonchev–Trinajstić information content (AvgIpc) is 3.20. The van der Waals surface area contributed by atoms with Crippen molar-refractivity contribution in [1.82, 2.24) is 20.1 Å². The van der Waals surface area contributed by atoms with E-state index < -0.39 is 0 Å². The van der Waals surface area contributed by atoms with Crippen LogP contribution in [0.3, 0.4) is 0 Å². The summed E-state index contributed by atoms with van der Waals surface area (Å²) >= 11 is 1.73. The molecule has 2 unspecified atom stereocenters. The van der Waals surface area contributed by atoms with Gasteiger partial charge in [-0.25, -0.2) is 0 Å². The van der Waals surface area contributed by atoms with Crippen molar-refractivity contribution in [2.45, 2.75) is 31.7 Å². The highest BCUT2D eigenvalue weighted by Gasteiger charge is 2.46. The molecule has 1 amide bonds. The quantitative estimate of drug-likeness (QED) is 0.874. The summed E-state index contributed by atoms with van der Waals surface area (Å²) in [5.74, 6) is 0.493. The minimum atomic E-state index is -0.339. The first kappa shape index (κ1) is 15.2. The van der Waals surface area contributed by atoms with E-state index in [1.807, 2.05) is 0 Å². The van der Waals surface area contributed by atoms with Gasteiger partial charge in [-0.05, 0) is 37.4 Å². The summed E-state index contributed by atoms with van der Waals surface area (Å²) in [5, 5.41) is 10.3. The highest BCUT2D eigenvalue weighted by atomic mass is 32.1. The number of hydrogen-bond acceptors (Lipinski definition) is 5. The zero-order valence-electron chi connectivity index (χ0n) is 12.7. The number of aromatic amines is 1. The number of carbonyl (C=O) groups is 1.